The molecule has 0 radical (unpaired) electrons. The van der Waals surface area contributed by atoms with Gasteiger partial charge < -0.3 is 4.57 Å². The topological polar surface area (TPSA) is 17.8 Å². The Hall–Kier alpha value is -0.790. The average Bonchev–Trinajstić information content (AvgIpc) is 2.41. The molecule has 0 spiro atoms. The summed E-state index contributed by atoms with van der Waals surface area (Å²) in [6.07, 6.45) is 3.01. The van der Waals surface area contributed by atoms with Crippen LogP contribution < -0.4 is 0 Å². The number of aromatic nitrogens is 2. The van der Waals surface area contributed by atoms with Crippen molar-refractivity contribution in [3.63, 3.8) is 0 Å². The van der Waals surface area contributed by atoms with Crippen molar-refractivity contribution in [2.45, 2.75) is 26.3 Å². The van der Waals surface area contributed by atoms with E-state index in [0.717, 1.165) is 6.42 Å². The Morgan fingerprint density at radius 2 is 2.56 bits per heavy atom. The van der Waals surface area contributed by atoms with Gasteiger partial charge in [-0.3, -0.25) is 0 Å². The number of hydrogen-bond donors (Lipinski definition) is 0. The lowest BCUT2D eigenvalue weighted by Crippen LogP contribution is -1.82. The Balaban J connectivity index is 2.42. The van der Waals surface area contributed by atoms with E-state index < -0.39 is 0 Å². The molecular formula is C7H10N2. The summed E-state index contributed by atoms with van der Waals surface area (Å²) >= 11 is 0. The van der Waals surface area contributed by atoms with Crippen molar-refractivity contribution in [1.29, 1.82) is 0 Å². The predicted molar refractivity (Wildman–Crippen MR) is 35.4 cm³/mol. The van der Waals surface area contributed by atoms with Crippen molar-refractivity contribution in [1.82, 2.24) is 9.55 Å². The van der Waals surface area contributed by atoms with Gasteiger partial charge in [-0.2, -0.15) is 0 Å². The van der Waals surface area contributed by atoms with E-state index in [-0.39, 0.29) is 0 Å². The van der Waals surface area contributed by atoms with Gasteiger partial charge in [0.25, 0.3) is 0 Å². The Kier molecular flexibility index (Phi) is 0.770. The van der Waals surface area contributed by atoms with Crippen molar-refractivity contribution >= 4 is 0 Å². The standard InChI is InChI=1S/C7H10N2/c1-3-6-7-5(2)9(7)4-8-6/h4-5H,3H2,1-2H3/t5-,9?/m0/s1. The van der Waals surface area contributed by atoms with Gasteiger partial charge in [0.05, 0.1) is 23.8 Å². The molecule has 1 aromatic heterocycles. The highest BCUT2D eigenvalue weighted by Crippen LogP contribution is 2.35. The third kappa shape index (κ3) is 0.479. The van der Waals surface area contributed by atoms with Crippen molar-refractivity contribution in [3.05, 3.63) is 17.7 Å². The highest BCUT2D eigenvalue weighted by molar-refractivity contribution is 5.29. The van der Waals surface area contributed by atoms with Crippen LogP contribution in [0.5, 0.6) is 0 Å². The molecule has 1 aliphatic rings. The molecule has 9 heavy (non-hydrogen) atoms. The van der Waals surface area contributed by atoms with E-state index >= 15 is 0 Å². The van der Waals surface area contributed by atoms with E-state index in [9.17, 15) is 0 Å². The first-order chi connectivity index (χ1) is 4.34. The van der Waals surface area contributed by atoms with Crippen molar-refractivity contribution in [2.24, 2.45) is 0 Å². The molecule has 1 atom stereocenters. The zero-order valence-corrected chi connectivity index (χ0v) is 5.76. The summed E-state index contributed by atoms with van der Waals surface area (Å²) in [6, 6.07) is 0.664. The Morgan fingerprint density at radius 1 is 1.78 bits per heavy atom. The molecule has 2 nitrogen and oxygen atoms in total. The minimum atomic E-state index is 0.664. The highest BCUT2D eigenvalue weighted by Gasteiger charge is 2.30. The summed E-state index contributed by atoms with van der Waals surface area (Å²) in [6.45, 7) is 4.35. The van der Waals surface area contributed by atoms with Gasteiger partial charge in [0.2, 0.25) is 0 Å². The monoisotopic (exact) mass is 122 g/mol. The van der Waals surface area contributed by atoms with E-state index in [1.54, 1.807) is 0 Å². The zero-order valence-electron chi connectivity index (χ0n) is 5.76. The van der Waals surface area contributed by atoms with Crippen LogP contribution >= 0.6 is 0 Å². The molecule has 1 aromatic rings. The second-order valence-electron chi connectivity index (χ2n) is 2.51. The van der Waals surface area contributed by atoms with Gasteiger partial charge in [0, 0.05) is 0 Å². The number of rotatable bonds is 1. The molecule has 2 rings (SSSR count). The van der Waals surface area contributed by atoms with Crippen molar-refractivity contribution in [2.75, 3.05) is 0 Å². The van der Waals surface area contributed by atoms with E-state index in [1.807, 2.05) is 6.33 Å². The minimum Gasteiger partial charge on any atom is -0.324 e. The first-order valence-corrected chi connectivity index (χ1v) is 3.40. The Labute approximate surface area is 54.5 Å². The molecule has 0 saturated carbocycles. The largest absolute Gasteiger partial charge is 0.324 e. The summed E-state index contributed by atoms with van der Waals surface area (Å²) < 4.78 is 2.21. The predicted octanol–water partition coefficient (Wildman–Crippen LogP) is 1.37. The van der Waals surface area contributed by atoms with Crippen molar-refractivity contribution in [3.8, 4) is 0 Å². The summed E-state index contributed by atoms with van der Waals surface area (Å²) in [7, 11) is 0. The van der Waals surface area contributed by atoms with Crippen LogP contribution in [0, 0.1) is 0 Å². The molecular weight excluding hydrogens is 112 g/mol. The van der Waals surface area contributed by atoms with Gasteiger partial charge in [-0.05, 0) is 13.3 Å². The van der Waals surface area contributed by atoms with Gasteiger partial charge >= 0.3 is 0 Å². The number of aryl methyl sites for hydroxylation is 1. The average molecular weight is 122 g/mol. The first-order valence-electron chi connectivity index (χ1n) is 3.40. The van der Waals surface area contributed by atoms with Crippen LogP contribution in [-0.2, 0) is 6.42 Å². The fourth-order valence-electron chi connectivity index (χ4n) is 1.34. The first kappa shape index (κ1) is 5.03. The molecule has 0 amide bonds. The molecule has 0 bridgehead atoms. The smallest absolute Gasteiger partial charge is 0.0958 e. The van der Waals surface area contributed by atoms with Crippen LogP contribution in [0.4, 0.5) is 0 Å². The molecule has 2 heteroatoms. The zero-order chi connectivity index (χ0) is 6.43. The van der Waals surface area contributed by atoms with Crippen LogP contribution in [0.15, 0.2) is 6.33 Å². The molecule has 0 aromatic carbocycles. The minimum absolute atomic E-state index is 0.664. The van der Waals surface area contributed by atoms with Crippen LogP contribution in [0.2, 0.25) is 0 Å². The van der Waals surface area contributed by atoms with Gasteiger partial charge in [-0.1, -0.05) is 6.92 Å². The van der Waals surface area contributed by atoms with E-state index in [2.05, 4.69) is 23.4 Å². The number of nitrogens with zero attached hydrogens (tertiary/aromatic N) is 2. The maximum Gasteiger partial charge on any atom is 0.0958 e. The number of fused-ring (bicyclic) bond motifs is 1. The molecule has 0 fully saturated rings. The van der Waals surface area contributed by atoms with E-state index in [1.165, 1.54) is 11.4 Å². The Bertz CT molecular complexity index is 237. The van der Waals surface area contributed by atoms with E-state index in [0.29, 0.717) is 6.04 Å². The highest BCUT2D eigenvalue weighted by atomic mass is 15.2. The lowest BCUT2D eigenvalue weighted by atomic mass is 10.3. The second-order valence-corrected chi connectivity index (χ2v) is 2.51. The molecule has 0 unspecified atom stereocenters. The summed E-state index contributed by atoms with van der Waals surface area (Å²) in [5, 5.41) is 0. The third-order valence-electron chi connectivity index (χ3n) is 1.99. The van der Waals surface area contributed by atoms with Crippen LogP contribution in [-0.4, -0.2) is 9.55 Å². The second kappa shape index (κ2) is 1.38. The molecule has 0 saturated heterocycles. The fraction of sp³-hybridized carbons (Fsp3) is 0.571. The lowest BCUT2D eigenvalue weighted by Gasteiger charge is -1.86. The van der Waals surface area contributed by atoms with Crippen molar-refractivity contribution < 1.29 is 0 Å². The SMILES string of the molecule is CCc1ncn2c1[C@@H]2C. The normalized spacial score (nSPS) is 21.8. The third-order valence-corrected chi connectivity index (χ3v) is 1.99. The molecule has 1 aliphatic heterocycles. The summed E-state index contributed by atoms with van der Waals surface area (Å²) in [4.78, 5) is 4.22. The summed E-state index contributed by atoms with van der Waals surface area (Å²) in [5.74, 6) is 0. The molecule has 0 N–H and O–H groups in total. The Morgan fingerprint density at radius 3 is 2.89 bits per heavy atom. The maximum absolute atomic E-state index is 4.22. The van der Waals surface area contributed by atoms with Crippen LogP contribution in [0.25, 0.3) is 0 Å². The maximum atomic E-state index is 4.22. The number of imidazole rings is 1. The van der Waals surface area contributed by atoms with Crippen LogP contribution in [0.3, 0.4) is 0 Å². The van der Waals surface area contributed by atoms with Gasteiger partial charge in [0.1, 0.15) is 0 Å². The van der Waals surface area contributed by atoms with E-state index in [4.69, 9.17) is 0 Å². The van der Waals surface area contributed by atoms with Gasteiger partial charge in [-0.25, -0.2) is 4.98 Å². The molecule has 2 heterocycles. The molecule has 0 aliphatic carbocycles. The van der Waals surface area contributed by atoms with Crippen LogP contribution in [0.1, 0.15) is 31.3 Å². The quantitative estimate of drug-likeness (QED) is 0.550. The number of hydrogen-bond acceptors (Lipinski definition) is 1. The summed E-state index contributed by atoms with van der Waals surface area (Å²) in [5.41, 5.74) is 2.72. The molecule has 48 valence electrons. The van der Waals surface area contributed by atoms with Gasteiger partial charge in [0.15, 0.2) is 0 Å². The lowest BCUT2D eigenvalue weighted by molar-refractivity contribution is 0.866. The van der Waals surface area contributed by atoms with Gasteiger partial charge in [-0.15, -0.1) is 0 Å². The fourth-order valence-corrected chi connectivity index (χ4v) is 1.34.